The number of halogens is 1. The van der Waals surface area contributed by atoms with Gasteiger partial charge in [-0.05, 0) is 69.2 Å². The van der Waals surface area contributed by atoms with Crippen LogP contribution >= 0.6 is 11.6 Å². The molecule has 0 aliphatic heterocycles. The van der Waals surface area contributed by atoms with Crippen LogP contribution in [0.2, 0.25) is 5.02 Å². The maximum Gasteiger partial charge on any atom is 0.287 e. The van der Waals surface area contributed by atoms with E-state index in [1.807, 2.05) is 67.2 Å². The number of rotatable bonds is 5. The first-order valence-electron chi connectivity index (χ1n) is 11.5. The Labute approximate surface area is 209 Å². The van der Waals surface area contributed by atoms with Gasteiger partial charge in [0.05, 0.1) is 11.4 Å². The molecular weight excluding hydrogens is 458 g/mol. The van der Waals surface area contributed by atoms with Gasteiger partial charge < -0.3 is 9.73 Å². The van der Waals surface area contributed by atoms with Crippen LogP contribution in [-0.2, 0) is 6.54 Å². The fraction of sp³-hybridized carbons (Fsp3) is 0.172. The number of nitrogens with one attached hydrogen (secondary N) is 1. The number of aromatic nitrogens is 2. The Hall–Kier alpha value is -3.83. The molecule has 0 unspecified atom stereocenters. The second-order valence-electron chi connectivity index (χ2n) is 8.94. The van der Waals surface area contributed by atoms with Gasteiger partial charge in [0.2, 0.25) is 0 Å². The van der Waals surface area contributed by atoms with Crippen molar-refractivity contribution in [2.75, 3.05) is 0 Å². The largest absolute Gasteiger partial charge is 0.451 e. The van der Waals surface area contributed by atoms with Crippen molar-refractivity contribution in [3.8, 4) is 16.9 Å². The van der Waals surface area contributed by atoms with Gasteiger partial charge in [0.1, 0.15) is 5.58 Å². The third-order valence-electron chi connectivity index (χ3n) is 6.32. The number of benzene rings is 3. The van der Waals surface area contributed by atoms with Gasteiger partial charge in [-0.1, -0.05) is 47.5 Å². The zero-order valence-corrected chi connectivity index (χ0v) is 20.9. The average molecular weight is 484 g/mol. The predicted molar refractivity (Wildman–Crippen MR) is 140 cm³/mol. The normalized spacial score (nSPS) is 11.2. The molecule has 2 aromatic heterocycles. The maximum absolute atomic E-state index is 13.2. The summed E-state index contributed by atoms with van der Waals surface area (Å²) in [5.74, 6) is 0.0252. The maximum atomic E-state index is 13.2. The van der Waals surface area contributed by atoms with Gasteiger partial charge in [0.25, 0.3) is 5.91 Å². The van der Waals surface area contributed by atoms with Crippen LogP contribution in [0.5, 0.6) is 0 Å². The summed E-state index contributed by atoms with van der Waals surface area (Å²) in [6.07, 6.45) is 1.97. The van der Waals surface area contributed by atoms with Gasteiger partial charge in [-0.15, -0.1) is 0 Å². The Kier molecular flexibility index (Phi) is 5.95. The molecule has 0 spiro atoms. The number of amides is 1. The summed E-state index contributed by atoms with van der Waals surface area (Å²) < 4.78 is 7.77. The highest BCUT2D eigenvalue weighted by Crippen LogP contribution is 2.31. The van der Waals surface area contributed by atoms with Crippen molar-refractivity contribution >= 4 is 28.5 Å². The molecule has 2 heterocycles. The van der Waals surface area contributed by atoms with Crippen molar-refractivity contribution in [2.45, 2.75) is 34.2 Å². The molecule has 0 bridgehead atoms. The van der Waals surface area contributed by atoms with E-state index in [1.54, 1.807) is 0 Å². The summed E-state index contributed by atoms with van der Waals surface area (Å²) in [6.45, 7) is 8.24. The fourth-order valence-corrected chi connectivity index (χ4v) is 4.45. The van der Waals surface area contributed by atoms with Crippen molar-refractivity contribution in [3.05, 3.63) is 105 Å². The van der Waals surface area contributed by atoms with Crippen LogP contribution in [0.4, 0.5) is 0 Å². The molecule has 5 aromatic rings. The van der Waals surface area contributed by atoms with E-state index in [0.29, 0.717) is 22.9 Å². The molecule has 35 heavy (non-hydrogen) atoms. The molecule has 6 heteroatoms. The number of aryl methyl sites for hydroxylation is 4. The second-order valence-corrected chi connectivity index (χ2v) is 9.35. The van der Waals surface area contributed by atoms with Gasteiger partial charge in [-0.2, -0.15) is 5.10 Å². The van der Waals surface area contributed by atoms with Crippen LogP contribution in [0, 0.1) is 27.7 Å². The van der Waals surface area contributed by atoms with Gasteiger partial charge >= 0.3 is 0 Å². The third-order valence-corrected chi connectivity index (χ3v) is 6.73. The second kappa shape index (κ2) is 9.08. The molecule has 176 valence electrons. The average Bonchev–Trinajstić information content (AvgIpc) is 3.41. The number of hydrogen-bond donors (Lipinski definition) is 1. The lowest BCUT2D eigenvalue weighted by Crippen LogP contribution is -2.23. The van der Waals surface area contributed by atoms with E-state index in [-0.39, 0.29) is 5.91 Å². The van der Waals surface area contributed by atoms with Crippen LogP contribution in [0.1, 0.15) is 38.4 Å². The Bertz CT molecular complexity index is 1560. The fourth-order valence-electron chi connectivity index (χ4n) is 4.28. The zero-order valence-electron chi connectivity index (χ0n) is 20.1. The molecule has 0 atom stereocenters. The molecule has 0 fully saturated rings. The van der Waals surface area contributed by atoms with Crippen molar-refractivity contribution in [2.24, 2.45) is 0 Å². The lowest BCUT2D eigenvalue weighted by molar-refractivity contribution is 0.0924. The number of fused-ring (bicyclic) bond motifs is 1. The molecule has 5 rings (SSSR count). The molecule has 0 saturated carbocycles. The molecule has 0 aliphatic carbocycles. The summed E-state index contributed by atoms with van der Waals surface area (Å²) in [4.78, 5) is 13.2. The lowest BCUT2D eigenvalue weighted by Gasteiger charge is -2.08. The summed E-state index contributed by atoms with van der Waals surface area (Å²) in [5.41, 5.74) is 8.39. The number of nitrogens with zero attached hydrogens (tertiary/aromatic N) is 2. The predicted octanol–water partition coefficient (Wildman–Crippen LogP) is 7.10. The van der Waals surface area contributed by atoms with Gasteiger partial charge in [-0.3, -0.25) is 4.79 Å². The van der Waals surface area contributed by atoms with Crippen LogP contribution in [0.15, 0.2) is 71.3 Å². The first kappa shape index (κ1) is 22.9. The number of carbonyl (C=O) groups excluding carboxylic acids is 1. The molecule has 1 N–H and O–H groups in total. The van der Waals surface area contributed by atoms with E-state index in [4.69, 9.17) is 21.1 Å². The molecule has 0 saturated heterocycles. The minimum Gasteiger partial charge on any atom is -0.451 e. The molecule has 0 aliphatic rings. The van der Waals surface area contributed by atoms with Crippen molar-refractivity contribution in [1.29, 1.82) is 0 Å². The summed E-state index contributed by atoms with van der Waals surface area (Å²) in [5, 5.41) is 9.44. The first-order valence-corrected chi connectivity index (χ1v) is 11.9. The first-order chi connectivity index (χ1) is 16.8. The van der Waals surface area contributed by atoms with E-state index in [0.717, 1.165) is 50.1 Å². The SMILES string of the molecule is Cc1ccc(C)c(-c2nn(-c3ccccc3)cc2CNC(=O)c2oc3cc(C)c(Cl)cc3c2C)c1. The van der Waals surface area contributed by atoms with Gasteiger partial charge in [0.15, 0.2) is 5.76 Å². The Morgan fingerprint density at radius 1 is 1.00 bits per heavy atom. The quantitative estimate of drug-likeness (QED) is 0.290. The van der Waals surface area contributed by atoms with E-state index < -0.39 is 0 Å². The zero-order chi connectivity index (χ0) is 24.7. The number of carbonyl (C=O) groups is 1. The molecular formula is C29H26ClN3O2. The van der Waals surface area contributed by atoms with E-state index >= 15 is 0 Å². The third kappa shape index (κ3) is 4.35. The van der Waals surface area contributed by atoms with Crippen LogP contribution < -0.4 is 5.32 Å². The summed E-state index contributed by atoms with van der Waals surface area (Å²) in [7, 11) is 0. The summed E-state index contributed by atoms with van der Waals surface area (Å²) >= 11 is 6.29. The van der Waals surface area contributed by atoms with Gasteiger partial charge in [-0.25, -0.2) is 4.68 Å². The molecule has 0 radical (unpaired) electrons. The molecule has 1 amide bonds. The van der Waals surface area contributed by atoms with E-state index in [9.17, 15) is 4.79 Å². The van der Waals surface area contributed by atoms with Gasteiger partial charge in [0, 0.05) is 39.8 Å². The summed E-state index contributed by atoms with van der Waals surface area (Å²) in [6, 6.07) is 20.0. The monoisotopic (exact) mass is 483 g/mol. The number of furan rings is 1. The number of hydrogen-bond acceptors (Lipinski definition) is 3. The lowest BCUT2D eigenvalue weighted by atomic mass is 10.0. The van der Waals surface area contributed by atoms with Crippen LogP contribution in [0.3, 0.4) is 0 Å². The van der Waals surface area contributed by atoms with E-state index in [1.165, 1.54) is 0 Å². The van der Waals surface area contributed by atoms with E-state index in [2.05, 4.69) is 37.4 Å². The standard InChI is InChI=1S/C29H26ClN3O2/c1-17-10-11-18(2)23(12-17)27-21(16-33(32-27)22-8-6-5-7-9-22)15-31-29(34)28-20(4)24-14-25(30)19(3)13-26(24)35-28/h5-14,16H,15H2,1-4H3,(H,31,34). The topological polar surface area (TPSA) is 60.1 Å². The molecule has 3 aromatic carbocycles. The van der Waals surface area contributed by atoms with Crippen LogP contribution in [0.25, 0.3) is 27.9 Å². The highest BCUT2D eigenvalue weighted by molar-refractivity contribution is 6.32. The van der Waals surface area contributed by atoms with Crippen LogP contribution in [-0.4, -0.2) is 15.7 Å². The smallest absolute Gasteiger partial charge is 0.287 e. The minimum absolute atomic E-state index is 0.271. The highest BCUT2D eigenvalue weighted by atomic mass is 35.5. The Morgan fingerprint density at radius 2 is 1.77 bits per heavy atom. The Balaban J connectivity index is 1.49. The van der Waals surface area contributed by atoms with Crippen molar-refractivity contribution < 1.29 is 9.21 Å². The molecule has 5 nitrogen and oxygen atoms in total. The van der Waals surface area contributed by atoms with Crippen molar-refractivity contribution in [3.63, 3.8) is 0 Å². The highest BCUT2D eigenvalue weighted by Gasteiger charge is 2.20. The number of para-hydroxylation sites is 1. The van der Waals surface area contributed by atoms with Crippen molar-refractivity contribution in [1.82, 2.24) is 15.1 Å². The minimum atomic E-state index is -0.271. The Morgan fingerprint density at radius 3 is 2.54 bits per heavy atom.